The van der Waals surface area contributed by atoms with E-state index in [1.165, 1.54) is 0 Å². The van der Waals surface area contributed by atoms with Gasteiger partial charge in [0.2, 0.25) is 0 Å². The third kappa shape index (κ3) is 4.73. The van der Waals surface area contributed by atoms with E-state index in [-0.39, 0.29) is 5.92 Å². The quantitative estimate of drug-likeness (QED) is 0.783. The zero-order chi connectivity index (χ0) is 19.4. The summed E-state index contributed by atoms with van der Waals surface area (Å²) in [5, 5.41) is 12.5. The molecule has 27 heavy (non-hydrogen) atoms. The Morgan fingerprint density at radius 3 is 2.41 bits per heavy atom. The van der Waals surface area contributed by atoms with Crippen LogP contribution in [-0.4, -0.2) is 43.4 Å². The number of benzene rings is 2. The highest BCUT2D eigenvalue weighted by Crippen LogP contribution is 2.44. The Balaban J connectivity index is 1.92. The van der Waals surface area contributed by atoms with Crippen LogP contribution >= 0.6 is 11.6 Å². The van der Waals surface area contributed by atoms with Crippen LogP contribution in [0.15, 0.2) is 54.1 Å². The second kappa shape index (κ2) is 8.47. The Kier molecular flexibility index (Phi) is 6.25. The van der Waals surface area contributed by atoms with E-state index >= 15 is 0 Å². The van der Waals surface area contributed by atoms with Gasteiger partial charge in [-0.1, -0.05) is 41.9 Å². The minimum atomic E-state index is -0.849. The average molecular weight is 386 g/mol. The van der Waals surface area contributed by atoms with Crippen molar-refractivity contribution >= 4 is 17.7 Å². The van der Waals surface area contributed by atoms with E-state index in [0.29, 0.717) is 6.42 Å². The number of ether oxygens (including phenoxy) is 1. The van der Waals surface area contributed by atoms with E-state index in [2.05, 4.69) is 25.1 Å². The van der Waals surface area contributed by atoms with E-state index in [4.69, 9.17) is 16.3 Å². The van der Waals surface area contributed by atoms with E-state index in [0.717, 1.165) is 46.9 Å². The third-order valence-electron chi connectivity index (χ3n) is 5.42. The van der Waals surface area contributed by atoms with Gasteiger partial charge in [0.1, 0.15) is 5.75 Å². The molecule has 144 valence electrons. The molecule has 1 fully saturated rings. The lowest BCUT2D eigenvalue weighted by Crippen LogP contribution is -2.42. The lowest BCUT2D eigenvalue weighted by atomic mass is 9.81. The van der Waals surface area contributed by atoms with Gasteiger partial charge in [0.25, 0.3) is 0 Å². The first-order valence-electron chi connectivity index (χ1n) is 9.37. The summed E-state index contributed by atoms with van der Waals surface area (Å²) < 4.78 is 5.24. The van der Waals surface area contributed by atoms with Crippen molar-refractivity contribution in [3.05, 3.63) is 70.3 Å². The molecule has 2 aromatic carbocycles. The Labute approximate surface area is 167 Å². The van der Waals surface area contributed by atoms with Crippen LogP contribution in [0.4, 0.5) is 0 Å². The van der Waals surface area contributed by atoms with Crippen LogP contribution < -0.4 is 4.74 Å². The van der Waals surface area contributed by atoms with Crippen molar-refractivity contribution in [2.24, 2.45) is 5.92 Å². The van der Waals surface area contributed by atoms with Gasteiger partial charge in [-0.05, 0) is 67.9 Å². The Hall–Kier alpha value is -1.81. The summed E-state index contributed by atoms with van der Waals surface area (Å²) in [7, 11) is 5.79. The SMILES string of the molecule is COc1ccc(C=C2CCC(CN(C)C)C2(O)Cc2ccc(Cl)cc2)cc1. The second-order valence-electron chi connectivity index (χ2n) is 7.67. The molecule has 0 saturated heterocycles. The molecule has 2 unspecified atom stereocenters. The minimum absolute atomic E-state index is 0.202. The zero-order valence-corrected chi connectivity index (χ0v) is 17.0. The number of aliphatic hydroxyl groups is 1. The molecule has 1 N–H and O–H groups in total. The summed E-state index contributed by atoms with van der Waals surface area (Å²) in [4.78, 5) is 2.16. The van der Waals surface area contributed by atoms with Gasteiger partial charge < -0.3 is 14.7 Å². The van der Waals surface area contributed by atoms with Gasteiger partial charge in [-0.15, -0.1) is 0 Å². The van der Waals surface area contributed by atoms with Crippen molar-refractivity contribution in [1.82, 2.24) is 4.90 Å². The van der Waals surface area contributed by atoms with Crippen molar-refractivity contribution in [2.45, 2.75) is 24.9 Å². The van der Waals surface area contributed by atoms with Crippen molar-refractivity contribution in [3.63, 3.8) is 0 Å². The Morgan fingerprint density at radius 2 is 1.81 bits per heavy atom. The van der Waals surface area contributed by atoms with Gasteiger partial charge in [0.05, 0.1) is 12.7 Å². The fourth-order valence-electron chi connectivity index (χ4n) is 4.00. The molecular formula is C23H28ClNO2. The maximum Gasteiger partial charge on any atom is 0.118 e. The first-order valence-corrected chi connectivity index (χ1v) is 9.75. The predicted octanol–water partition coefficient (Wildman–Crippen LogP) is 4.68. The summed E-state index contributed by atoms with van der Waals surface area (Å²) in [5.74, 6) is 1.04. The number of halogens is 1. The monoisotopic (exact) mass is 385 g/mol. The first kappa shape index (κ1) is 19.9. The molecule has 0 radical (unpaired) electrons. The normalized spacial score (nSPS) is 23.9. The molecule has 3 rings (SSSR count). The van der Waals surface area contributed by atoms with Gasteiger partial charge in [-0.25, -0.2) is 0 Å². The molecule has 0 amide bonds. The molecule has 1 aliphatic carbocycles. The van der Waals surface area contributed by atoms with Gasteiger partial charge in [-0.2, -0.15) is 0 Å². The van der Waals surface area contributed by atoms with E-state index < -0.39 is 5.60 Å². The number of methoxy groups -OCH3 is 1. The molecule has 1 aliphatic rings. The molecular weight excluding hydrogens is 358 g/mol. The van der Waals surface area contributed by atoms with Crippen LogP contribution in [0.5, 0.6) is 5.75 Å². The van der Waals surface area contributed by atoms with E-state index in [9.17, 15) is 5.11 Å². The van der Waals surface area contributed by atoms with Gasteiger partial charge in [0.15, 0.2) is 0 Å². The molecule has 0 bridgehead atoms. The third-order valence-corrected chi connectivity index (χ3v) is 5.67. The number of nitrogens with zero attached hydrogens (tertiary/aromatic N) is 1. The molecule has 0 aromatic heterocycles. The fourth-order valence-corrected chi connectivity index (χ4v) is 4.13. The molecule has 1 saturated carbocycles. The van der Waals surface area contributed by atoms with Gasteiger partial charge >= 0.3 is 0 Å². The van der Waals surface area contributed by atoms with Crippen LogP contribution in [0.25, 0.3) is 6.08 Å². The maximum atomic E-state index is 11.8. The molecule has 0 aliphatic heterocycles. The van der Waals surface area contributed by atoms with Crippen LogP contribution in [0.2, 0.25) is 5.02 Å². The molecule has 2 aromatic rings. The van der Waals surface area contributed by atoms with Crippen LogP contribution in [0.1, 0.15) is 24.0 Å². The zero-order valence-electron chi connectivity index (χ0n) is 16.3. The Morgan fingerprint density at radius 1 is 1.15 bits per heavy atom. The standard InChI is InChI=1S/C23H28ClNO2/c1-25(2)16-20-9-8-19(14-17-6-12-22(27-3)13-7-17)23(20,26)15-18-4-10-21(24)11-5-18/h4-7,10-14,20,26H,8-9,15-16H2,1-3H3. The van der Waals surface area contributed by atoms with Crippen molar-refractivity contribution in [1.29, 1.82) is 0 Å². The molecule has 0 spiro atoms. The number of hydrogen-bond donors (Lipinski definition) is 1. The summed E-state index contributed by atoms with van der Waals surface area (Å²) in [6.07, 6.45) is 4.65. The molecule has 3 nitrogen and oxygen atoms in total. The summed E-state index contributed by atoms with van der Waals surface area (Å²) in [6, 6.07) is 15.8. The highest BCUT2D eigenvalue weighted by atomic mass is 35.5. The molecule has 4 heteroatoms. The molecule has 2 atom stereocenters. The number of hydrogen-bond acceptors (Lipinski definition) is 3. The second-order valence-corrected chi connectivity index (χ2v) is 8.10. The van der Waals surface area contributed by atoms with Gasteiger partial charge in [0, 0.05) is 23.9 Å². The average Bonchev–Trinajstić information content (AvgIpc) is 2.93. The van der Waals surface area contributed by atoms with Crippen LogP contribution in [-0.2, 0) is 6.42 Å². The molecule has 0 heterocycles. The predicted molar refractivity (Wildman–Crippen MR) is 112 cm³/mol. The van der Waals surface area contributed by atoms with Crippen molar-refractivity contribution < 1.29 is 9.84 Å². The number of rotatable bonds is 6. The summed E-state index contributed by atoms with van der Waals surface area (Å²) >= 11 is 6.03. The van der Waals surface area contributed by atoms with Crippen molar-refractivity contribution in [3.8, 4) is 5.75 Å². The topological polar surface area (TPSA) is 32.7 Å². The van der Waals surface area contributed by atoms with Gasteiger partial charge in [-0.3, -0.25) is 0 Å². The summed E-state index contributed by atoms with van der Waals surface area (Å²) in [5.41, 5.74) is 2.45. The van der Waals surface area contributed by atoms with E-state index in [1.54, 1.807) is 7.11 Å². The highest BCUT2D eigenvalue weighted by Gasteiger charge is 2.45. The van der Waals surface area contributed by atoms with Crippen LogP contribution in [0.3, 0.4) is 0 Å². The summed E-state index contributed by atoms with van der Waals surface area (Å²) in [6.45, 7) is 0.865. The lowest BCUT2D eigenvalue weighted by molar-refractivity contribution is 0.0257. The Bertz CT molecular complexity index is 783. The smallest absolute Gasteiger partial charge is 0.118 e. The lowest BCUT2D eigenvalue weighted by Gasteiger charge is -2.33. The van der Waals surface area contributed by atoms with Crippen LogP contribution in [0, 0.1) is 5.92 Å². The minimum Gasteiger partial charge on any atom is -0.497 e. The fraction of sp³-hybridized carbons (Fsp3) is 0.391. The highest BCUT2D eigenvalue weighted by molar-refractivity contribution is 6.30. The first-order chi connectivity index (χ1) is 12.9. The largest absolute Gasteiger partial charge is 0.497 e. The van der Waals surface area contributed by atoms with Crippen molar-refractivity contribution in [2.75, 3.05) is 27.7 Å². The maximum absolute atomic E-state index is 11.8. The van der Waals surface area contributed by atoms with E-state index in [1.807, 2.05) is 48.5 Å².